The van der Waals surface area contributed by atoms with Gasteiger partial charge in [0.1, 0.15) is 0 Å². The minimum absolute atomic E-state index is 0.0768. The lowest BCUT2D eigenvalue weighted by molar-refractivity contribution is -0.116. The first-order chi connectivity index (χ1) is 9.05. The third kappa shape index (κ3) is 6.21. The first kappa shape index (κ1) is 16.2. The van der Waals surface area contributed by atoms with Crippen LogP contribution in [0.5, 0.6) is 0 Å². The van der Waals surface area contributed by atoms with Gasteiger partial charge in [-0.1, -0.05) is 29.3 Å². The number of rotatable bonds is 7. The van der Waals surface area contributed by atoms with Crippen LogP contribution in [0.3, 0.4) is 0 Å². The Kier molecular flexibility index (Phi) is 7.10. The number of aryl methyl sites for hydroxylation is 1. The first-order valence-electron chi connectivity index (χ1n) is 6.82. The molecule has 0 bridgehead atoms. The van der Waals surface area contributed by atoms with Crippen LogP contribution in [-0.4, -0.2) is 12.5 Å². The largest absolute Gasteiger partial charge is 0.330 e. The maximum absolute atomic E-state index is 11.9. The highest BCUT2D eigenvalue weighted by atomic mass is 79.9. The smallest absolute Gasteiger partial charge is 0.224 e. The Morgan fingerprint density at radius 1 is 1.37 bits per heavy atom. The SMILES string of the molecule is CCC(CCN)CCC(=O)Nc1cc(C)cc(Br)c1. The van der Waals surface area contributed by atoms with Crippen molar-refractivity contribution in [3.05, 3.63) is 28.2 Å². The molecule has 3 nitrogen and oxygen atoms in total. The summed E-state index contributed by atoms with van der Waals surface area (Å²) in [5, 5.41) is 2.94. The van der Waals surface area contributed by atoms with Gasteiger partial charge in [0.05, 0.1) is 0 Å². The topological polar surface area (TPSA) is 55.1 Å². The Hall–Kier alpha value is -0.870. The summed E-state index contributed by atoms with van der Waals surface area (Å²) in [5.41, 5.74) is 7.54. The van der Waals surface area contributed by atoms with Crippen molar-refractivity contribution in [1.82, 2.24) is 0 Å². The van der Waals surface area contributed by atoms with Gasteiger partial charge >= 0.3 is 0 Å². The minimum Gasteiger partial charge on any atom is -0.330 e. The zero-order valence-electron chi connectivity index (χ0n) is 11.7. The summed E-state index contributed by atoms with van der Waals surface area (Å²) in [7, 11) is 0. The maximum atomic E-state index is 11.9. The average Bonchev–Trinajstić information content (AvgIpc) is 2.33. The number of carbonyl (C=O) groups excluding carboxylic acids is 1. The van der Waals surface area contributed by atoms with Crippen molar-refractivity contribution in [2.75, 3.05) is 11.9 Å². The van der Waals surface area contributed by atoms with Gasteiger partial charge in [0.2, 0.25) is 5.91 Å². The lowest BCUT2D eigenvalue weighted by Gasteiger charge is -2.13. The number of benzene rings is 1. The van der Waals surface area contributed by atoms with Crippen LogP contribution in [0.15, 0.2) is 22.7 Å². The third-order valence-electron chi connectivity index (χ3n) is 3.26. The Morgan fingerprint density at radius 3 is 2.68 bits per heavy atom. The van der Waals surface area contributed by atoms with Gasteiger partial charge in [-0.25, -0.2) is 0 Å². The summed E-state index contributed by atoms with van der Waals surface area (Å²) in [4.78, 5) is 11.9. The van der Waals surface area contributed by atoms with Crippen molar-refractivity contribution < 1.29 is 4.79 Å². The molecular weight excluding hydrogens is 304 g/mol. The standard InChI is InChI=1S/C15H23BrN2O/c1-3-12(6-7-17)4-5-15(19)18-14-9-11(2)8-13(16)10-14/h8-10,12H,3-7,17H2,1-2H3,(H,18,19). The van der Waals surface area contributed by atoms with E-state index in [0.29, 0.717) is 18.9 Å². The van der Waals surface area contributed by atoms with Gasteiger partial charge in [-0.15, -0.1) is 0 Å². The number of carbonyl (C=O) groups is 1. The van der Waals surface area contributed by atoms with Crippen LogP contribution >= 0.6 is 15.9 Å². The Bertz CT molecular complexity index is 400. The van der Waals surface area contributed by atoms with Crippen LogP contribution in [0, 0.1) is 12.8 Å². The van der Waals surface area contributed by atoms with E-state index in [2.05, 4.69) is 28.2 Å². The van der Waals surface area contributed by atoms with Gasteiger partial charge < -0.3 is 11.1 Å². The van der Waals surface area contributed by atoms with E-state index >= 15 is 0 Å². The maximum Gasteiger partial charge on any atom is 0.224 e. The highest BCUT2D eigenvalue weighted by molar-refractivity contribution is 9.10. The van der Waals surface area contributed by atoms with Crippen LogP contribution in [-0.2, 0) is 4.79 Å². The summed E-state index contributed by atoms with van der Waals surface area (Å²) in [6.07, 6.45) is 3.55. The number of hydrogen-bond donors (Lipinski definition) is 2. The summed E-state index contributed by atoms with van der Waals surface area (Å²) in [5.74, 6) is 0.632. The summed E-state index contributed by atoms with van der Waals surface area (Å²) >= 11 is 3.43. The normalized spacial score (nSPS) is 12.2. The molecule has 0 heterocycles. The van der Waals surface area contributed by atoms with Gasteiger partial charge in [-0.3, -0.25) is 4.79 Å². The first-order valence-corrected chi connectivity index (χ1v) is 7.61. The summed E-state index contributed by atoms with van der Waals surface area (Å²) < 4.78 is 0.984. The Balaban J connectivity index is 2.46. The van der Waals surface area contributed by atoms with E-state index in [-0.39, 0.29) is 5.91 Å². The monoisotopic (exact) mass is 326 g/mol. The molecule has 0 aliphatic carbocycles. The van der Waals surface area contributed by atoms with E-state index in [1.165, 1.54) is 0 Å². The second-order valence-electron chi connectivity index (χ2n) is 4.96. The van der Waals surface area contributed by atoms with Crippen LogP contribution in [0.2, 0.25) is 0 Å². The quantitative estimate of drug-likeness (QED) is 0.799. The van der Waals surface area contributed by atoms with Gasteiger partial charge in [0, 0.05) is 16.6 Å². The van der Waals surface area contributed by atoms with Gasteiger partial charge in [0.15, 0.2) is 0 Å². The molecule has 1 rings (SSSR count). The van der Waals surface area contributed by atoms with Crippen LogP contribution < -0.4 is 11.1 Å². The number of hydrogen-bond acceptors (Lipinski definition) is 2. The van der Waals surface area contributed by atoms with Crippen molar-refractivity contribution in [1.29, 1.82) is 0 Å². The highest BCUT2D eigenvalue weighted by Crippen LogP contribution is 2.20. The zero-order chi connectivity index (χ0) is 14.3. The lowest BCUT2D eigenvalue weighted by Crippen LogP contribution is -2.15. The molecule has 1 unspecified atom stereocenters. The average molecular weight is 327 g/mol. The number of halogens is 1. The van der Waals surface area contributed by atoms with Crippen molar-refractivity contribution in [2.24, 2.45) is 11.7 Å². The van der Waals surface area contributed by atoms with Gasteiger partial charge in [-0.05, 0) is 56.0 Å². The Morgan fingerprint density at radius 2 is 2.11 bits per heavy atom. The fourth-order valence-electron chi connectivity index (χ4n) is 2.16. The molecule has 3 N–H and O–H groups in total. The highest BCUT2D eigenvalue weighted by Gasteiger charge is 2.09. The molecule has 0 spiro atoms. The number of nitrogens with one attached hydrogen (secondary N) is 1. The molecule has 1 aromatic carbocycles. The second-order valence-corrected chi connectivity index (χ2v) is 5.87. The molecule has 0 aromatic heterocycles. The number of nitrogens with two attached hydrogens (primary N) is 1. The molecule has 106 valence electrons. The second kappa shape index (κ2) is 8.33. The van der Waals surface area contributed by atoms with E-state index in [9.17, 15) is 4.79 Å². The molecular formula is C15H23BrN2O. The molecule has 0 saturated carbocycles. The van der Waals surface area contributed by atoms with E-state index in [0.717, 1.165) is 35.0 Å². The molecule has 1 atom stereocenters. The Labute approximate surface area is 124 Å². The van der Waals surface area contributed by atoms with Gasteiger partial charge in [0.25, 0.3) is 0 Å². The van der Waals surface area contributed by atoms with E-state index < -0.39 is 0 Å². The van der Waals surface area contributed by atoms with Crippen LogP contribution in [0.1, 0.15) is 38.2 Å². The number of amides is 1. The number of anilines is 1. The van der Waals surface area contributed by atoms with Crippen molar-refractivity contribution in [3.63, 3.8) is 0 Å². The fourth-order valence-corrected chi connectivity index (χ4v) is 2.76. The fraction of sp³-hybridized carbons (Fsp3) is 0.533. The molecule has 1 amide bonds. The predicted octanol–water partition coefficient (Wildman–Crippen LogP) is 3.85. The summed E-state index contributed by atoms with van der Waals surface area (Å²) in [6.45, 7) is 4.86. The lowest BCUT2D eigenvalue weighted by atomic mass is 9.96. The molecule has 19 heavy (non-hydrogen) atoms. The molecule has 1 aromatic rings. The molecule has 0 aliphatic heterocycles. The van der Waals surface area contributed by atoms with Crippen LogP contribution in [0.25, 0.3) is 0 Å². The molecule has 4 heteroatoms. The van der Waals surface area contributed by atoms with E-state index in [1.807, 2.05) is 25.1 Å². The predicted molar refractivity (Wildman–Crippen MR) is 84.2 cm³/mol. The van der Waals surface area contributed by atoms with E-state index in [4.69, 9.17) is 5.73 Å². The van der Waals surface area contributed by atoms with Crippen molar-refractivity contribution >= 4 is 27.5 Å². The third-order valence-corrected chi connectivity index (χ3v) is 3.72. The van der Waals surface area contributed by atoms with E-state index in [1.54, 1.807) is 0 Å². The summed E-state index contributed by atoms with van der Waals surface area (Å²) in [6, 6.07) is 5.91. The molecule has 0 saturated heterocycles. The zero-order valence-corrected chi connectivity index (χ0v) is 13.3. The van der Waals surface area contributed by atoms with Crippen molar-refractivity contribution in [2.45, 2.75) is 39.5 Å². The van der Waals surface area contributed by atoms with Gasteiger partial charge in [-0.2, -0.15) is 0 Å². The molecule has 0 aliphatic rings. The van der Waals surface area contributed by atoms with Crippen molar-refractivity contribution in [3.8, 4) is 0 Å². The molecule has 0 fully saturated rings. The molecule has 0 radical (unpaired) electrons. The van der Waals surface area contributed by atoms with Crippen LogP contribution in [0.4, 0.5) is 5.69 Å². The minimum atomic E-state index is 0.0768.